The van der Waals surface area contributed by atoms with E-state index in [1.165, 1.54) is 12.1 Å². The molecule has 1 aromatic heterocycles. The second kappa shape index (κ2) is 10.8. The Kier molecular flexibility index (Phi) is 7.74. The second-order valence-corrected chi connectivity index (χ2v) is 9.58. The second-order valence-electron chi connectivity index (χ2n) is 9.58. The van der Waals surface area contributed by atoms with E-state index in [1.54, 1.807) is 0 Å². The first-order valence-electron chi connectivity index (χ1n) is 12.2. The van der Waals surface area contributed by atoms with Crippen LogP contribution in [0, 0.1) is 18.7 Å². The van der Waals surface area contributed by atoms with Crippen molar-refractivity contribution < 1.29 is 30.7 Å². The van der Waals surface area contributed by atoms with Gasteiger partial charge in [-0.05, 0) is 54.0 Å². The molecular weight excluding hydrogens is 517 g/mol. The molecule has 186 valence electrons. The lowest BCUT2D eigenvalue weighted by molar-refractivity contribution is -0.727. The summed E-state index contributed by atoms with van der Waals surface area (Å²) in [7, 11) is 0. The average molecular weight is 549 g/mol. The molecule has 5 rings (SSSR count). The molecule has 4 nitrogen and oxygen atoms in total. The van der Waals surface area contributed by atoms with Gasteiger partial charge in [0.25, 0.3) is 5.82 Å². The van der Waals surface area contributed by atoms with Gasteiger partial charge in [0.2, 0.25) is 5.91 Å². The predicted octanol–water partition coefficient (Wildman–Crippen LogP) is 2.09. The Morgan fingerprint density at radius 3 is 2.11 bits per heavy atom. The van der Waals surface area contributed by atoms with Gasteiger partial charge in [0.15, 0.2) is 0 Å². The lowest BCUT2D eigenvalue weighted by atomic mass is 9.64. The zero-order valence-corrected chi connectivity index (χ0v) is 21.9. The van der Waals surface area contributed by atoms with Gasteiger partial charge in [0.1, 0.15) is 36.2 Å². The van der Waals surface area contributed by atoms with E-state index < -0.39 is 5.41 Å². The standard InChI is InChI=1S/C30H30FN3O.BrH/c1-22-33(21-23-12-15-27(31)16-13-23)18-19-34(22)28-17-14-26(20-28)30(29(32)35,24-8-4-2-5-9-24)25-10-6-3-7-11-25;/h2-13,15-16,18-19,26,28H,14,17,20-21H2,1H3,(H-,32,35);1H/t26-,28+;/m0./s1. The minimum Gasteiger partial charge on any atom is -1.00 e. The highest BCUT2D eigenvalue weighted by Gasteiger charge is 2.51. The predicted molar refractivity (Wildman–Crippen MR) is 134 cm³/mol. The Morgan fingerprint density at radius 1 is 0.972 bits per heavy atom. The molecular formula is C30H31BrFN3O. The normalized spacial score (nSPS) is 17.5. The number of aromatic nitrogens is 2. The molecule has 0 unspecified atom stereocenters. The van der Waals surface area contributed by atoms with Crippen molar-refractivity contribution in [2.24, 2.45) is 11.7 Å². The van der Waals surface area contributed by atoms with Crippen molar-refractivity contribution in [1.29, 1.82) is 0 Å². The molecule has 1 saturated carbocycles. The molecule has 0 bridgehead atoms. The van der Waals surface area contributed by atoms with Crippen molar-refractivity contribution in [1.82, 2.24) is 4.57 Å². The highest BCUT2D eigenvalue weighted by molar-refractivity contribution is 5.91. The number of nitrogens with two attached hydrogens (primary N) is 1. The number of hydrogen-bond acceptors (Lipinski definition) is 1. The first-order chi connectivity index (χ1) is 17.0. The Balaban J connectivity index is 0.00000304. The minimum atomic E-state index is -0.873. The minimum absolute atomic E-state index is 0. The number of carbonyl (C=O) groups is 1. The molecule has 0 saturated heterocycles. The summed E-state index contributed by atoms with van der Waals surface area (Å²) >= 11 is 0. The highest BCUT2D eigenvalue weighted by Crippen LogP contribution is 2.48. The maximum Gasteiger partial charge on any atom is 0.253 e. The quantitative estimate of drug-likeness (QED) is 0.354. The van der Waals surface area contributed by atoms with E-state index >= 15 is 0 Å². The Morgan fingerprint density at radius 2 is 1.56 bits per heavy atom. The van der Waals surface area contributed by atoms with Gasteiger partial charge in [-0.15, -0.1) is 0 Å². The number of benzene rings is 3. The van der Waals surface area contributed by atoms with Crippen LogP contribution in [0.25, 0.3) is 0 Å². The van der Waals surface area contributed by atoms with Gasteiger partial charge in [-0.25, -0.2) is 13.5 Å². The molecule has 1 fully saturated rings. The monoisotopic (exact) mass is 547 g/mol. The number of carbonyl (C=O) groups excluding carboxylic acids is 1. The summed E-state index contributed by atoms with van der Waals surface area (Å²) in [5, 5.41) is 0. The number of imidazole rings is 1. The molecule has 0 spiro atoms. The third-order valence-electron chi connectivity index (χ3n) is 7.72. The number of halogens is 2. The smallest absolute Gasteiger partial charge is 0.253 e. The number of primary amides is 1. The summed E-state index contributed by atoms with van der Waals surface area (Å²) in [6, 6.07) is 26.9. The van der Waals surface area contributed by atoms with Crippen molar-refractivity contribution in [2.45, 2.75) is 44.2 Å². The average Bonchev–Trinajstić information content (AvgIpc) is 3.49. The van der Waals surface area contributed by atoms with Crippen LogP contribution in [0.15, 0.2) is 97.3 Å². The molecule has 1 heterocycles. The van der Waals surface area contributed by atoms with Gasteiger partial charge in [0, 0.05) is 6.92 Å². The summed E-state index contributed by atoms with van der Waals surface area (Å²) in [4.78, 5) is 13.3. The maximum absolute atomic E-state index is 13.3. The molecule has 1 amide bonds. The van der Waals surface area contributed by atoms with Gasteiger partial charge < -0.3 is 22.7 Å². The van der Waals surface area contributed by atoms with Gasteiger partial charge in [-0.2, -0.15) is 0 Å². The molecule has 36 heavy (non-hydrogen) atoms. The van der Waals surface area contributed by atoms with Crippen LogP contribution in [-0.2, 0) is 16.8 Å². The molecule has 0 aliphatic heterocycles. The fourth-order valence-corrected chi connectivity index (χ4v) is 5.99. The SMILES string of the molecule is Cc1n(Cc2ccc(F)cc2)cc[n+]1[C@@H]1CC[C@H](C(C(N)=O)(c2ccccc2)c2ccccc2)C1.[Br-]. The third-order valence-corrected chi connectivity index (χ3v) is 7.72. The zero-order chi connectivity index (χ0) is 24.4. The van der Waals surface area contributed by atoms with E-state index in [0.29, 0.717) is 6.54 Å². The molecule has 0 radical (unpaired) electrons. The van der Waals surface area contributed by atoms with Crippen LogP contribution in [0.4, 0.5) is 4.39 Å². The Bertz CT molecular complexity index is 1270. The van der Waals surface area contributed by atoms with E-state index in [0.717, 1.165) is 41.8 Å². The van der Waals surface area contributed by atoms with Crippen LogP contribution >= 0.6 is 0 Å². The highest BCUT2D eigenvalue weighted by atomic mass is 79.9. The molecule has 6 heteroatoms. The lowest BCUT2D eigenvalue weighted by Crippen LogP contribution is -3.00. The summed E-state index contributed by atoms with van der Waals surface area (Å²) < 4.78 is 17.8. The summed E-state index contributed by atoms with van der Waals surface area (Å²) in [6.45, 7) is 2.81. The van der Waals surface area contributed by atoms with Crippen molar-refractivity contribution in [3.05, 3.63) is 126 Å². The number of rotatable bonds is 7. The van der Waals surface area contributed by atoms with E-state index in [2.05, 4.69) is 28.5 Å². The third kappa shape index (κ3) is 4.62. The van der Waals surface area contributed by atoms with E-state index in [-0.39, 0.29) is 40.7 Å². The van der Waals surface area contributed by atoms with Crippen LogP contribution < -0.4 is 27.3 Å². The van der Waals surface area contributed by atoms with Crippen molar-refractivity contribution in [2.75, 3.05) is 0 Å². The van der Waals surface area contributed by atoms with E-state index in [1.807, 2.05) is 72.8 Å². The first-order valence-corrected chi connectivity index (χ1v) is 12.2. The molecule has 2 N–H and O–H groups in total. The van der Waals surface area contributed by atoms with Crippen LogP contribution in [0.5, 0.6) is 0 Å². The first kappa shape index (κ1) is 25.8. The summed E-state index contributed by atoms with van der Waals surface area (Å²) in [5.41, 5.74) is 8.36. The van der Waals surface area contributed by atoms with Gasteiger partial charge in [0.05, 0.1) is 0 Å². The lowest BCUT2D eigenvalue weighted by Gasteiger charge is -2.37. The summed E-state index contributed by atoms with van der Waals surface area (Å²) in [5.74, 6) is 0.710. The van der Waals surface area contributed by atoms with Gasteiger partial charge in [-0.3, -0.25) is 4.79 Å². The number of nitrogens with zero attached hydrogens (tertiary/aromatic N) is 2. The van der Waals surface area contributed by atoms with Crippen molar-refractivity contribution >= 4 is 5.91 Å². The largest absolute Gasteiger partial charge is 1.00 e. The van der Waals surface area contributed by atoms with Gasteiger partial charge in [-0.1, -0.05) is 72.8 Å². The van der Waals surface area contributed by atoms with Crippen LogP contribution in [-0.4, -0.2) is 10.5 Å². The fraction of sp³-hybridized carbons (Fsp3) is 0.267. The Labute approximate surface area is 222 Å². The molecule has 2 atom stereocenters. The van der Waals surface area contributed by atoms with Crippen LogP contribution in [0.3, 0.4) is 0 Å². The summed E-state index contributed by atoms with van der Waals surface area (Å²) in [6.07, 6.45) is 6.96. The molecule has 1 aliphatic rings. The number of amides is 1. The van der Waals surface area contributed by atoms with Gasteiger partial charge >= 0.3 is 0 Å². The molecule has 4 aromatic rings. The van der Waals surface area contributed by atoms with Crippen LogP contribution in [0.2, 0.25) is 0 Å². The van der Waals surface area contributed by atoms with E-state index in [4.69, 9.17) is 5.73 Å². The van der Waals surface area contributed by atoms with E-state index in [9.17, 15) is 9.18 Å². The fourth-order valence-electron chi connectivity index (χ4n) is 5.99. The molecule has 1 aliphatic carbocycles. The Hall–Kier alpha value is -3.25. The van der Waals surface area contributed by atoms with Crippen molar-refractivity contribution in [3.8, 4) is 0 Å². The van der Waals surface area contributed by atoms with Crippen LogP contribution in [0.1, 0.15) is 47.8 Å². The number of hydrogen-bond donors (Lipinski definition) is 1. The maximum atomic E-state index is 13.3. The van der Waals surface area contributed by atoms with Crippen molar-refractivity contribution in [3.63, 3.8) is 0 Å². The topological polar surface area (TPSA) is 51.9 Å². The molecule has 3 aromatic carbocycles. The zero-order valence-electron chi connectivity index (χ0n) is 20.4.